The first-order valence-corrected chi connectivity index (χ1v) is 9.39. The number of nitrogens with zero attached hydrogens (tertiary/aromatic N) is 1. The van der Waals surface area contributed by atoms with Gasteiger partial charge < -0.3 is 15.1 Å². The van der Waals surface area contributed by atoms with E-state index in [9.17, 15) is 18.0 Å². The summed E-state index contributed by atoms with van der Waals surface area (Å²) in [4.78, 5) is 16.0. The number of para-hydroxylation sites is 1. The third-order valence-corrected chi connectivity index (χ3v) is 5.35. The molecular formula is C21H25F3N3O+. The van der Waals surface area contributed by atoms with Crippen molar-refractivity contribution in [1.29, 1.82) is 0 Å². The molecule has 1 fully saturated rings. The number of piperazine rings is 1. The molecule has 4 nitrogen and oxygen atoms in total. The fourth-order valence-electron chi connectivity index (χ4n) is 3.56. The number of hydrogen-bond donors (Lipinski definition) is 2. The maximum atomic E-state index is 12.6. The van der Waals surface area contributed by atoms with E-state index in [4.69, 9.17) is 0 Å². The second-order valence-corrected chi connectivity index (χ2v) is 7.22. The van der Waals surface area contributed by atoms with Gasteiger partial charge in [-0.25, -0.2) is 0 Å². The number of hydrogen-bond acceptors (Lipinski definition) is 2. The number of halogens is 3. The smallest absolute Gasteiger partial charge is 0.360 e. The van der Waals surface area contributed by atoms with E-state index in [1.807, 2.05) is 19.1 Å². The SMILES string of the molecule is Cc1ccccc1N1CC[NH+]([C@@H](C)C(=O)Nc2ccc(C(F)(F)F)cc2)CC1. The number of alkyl halides is 3. The maximum absolute atomic E-state index is 12.6. The van der Waals surface area contributed by atoms with Crippen molar-refractivity contribution >= 4 is 17.3 Å². The summed E-state index contributed by atoms with van der Waals surface area (Å²) < 4.78 is 37.9. The molecule has 0 saturated carbocycles. The Balaban J connectivity index is 1.55. The van der Waals surface area contributed by atoms with E-state index < -0.39 is 11.7 Å². The molecule has 0 spiro atoms. The number of anilines is 2. The van der Waals surface area contributed by atoms with Gasteiger partial charge in [-0.2, -0.15) is 13.2 Å². The lowest BCUT2D eigenvalue weighted by Gasteiger charge is -2.36. The summed E-state index contributed by atoms with van der Waals surface area (Å²) in [6, 6.07) is 12.5. The molecule has 28 heavy (non-hydrogen) atoms. The zero-order valence-electron chi connectivity index (χ0n) is 16.0. The molecule has 1 heterocycles. The molecule has 150 valence electrons. The summed E-state index contributed by atoms with van der Waals surface area (Å²) in [6.45, 7) is 7.33. The van der Waals surface area contributed by atoms with Crippen LogP contribution in [0.4, 0.5) is 24.5 Å². The molecule has 0 aromatic heterocycles. The third-order valence-electron chi connectivity index (χ3n) is 5.35. The second-order valence-electron chi connectivity index (χ2n) is 7.22. The number of nitrogens with one attached hydrogen (secondary N) is 2. The van der Waals surface area contributed by atoms with E-state index in [1.165, 1.54) is 28.3 Å². The Morgan fingerprint density at radius 1 is 1.07 bits per heavy atom. The minimum atomic E-state index is -4.38. The van der Waals surface area contributed by atoms with E-state index in [-0.39, 0.29) is 11.9 Å². The summed E-state index contributed by atoms with van der Waals surface area (Å²) in [7, 11) is 0. The van der Waals surface area contributed by atoms with Gasteiger partial charge in [0.25, 0.3) is 5.91 Å². The van der Waals surface area contributed by atoms with E-state index in [1.54, 1.807) is 0 Å². The van der Waals surface area contributed by atoms with Gasteiger partial charge in [0.15, 0.2) is 6.04 Å². The van der Waals surface area contributed by atoms with Gasteiger partial charge in [-0.05, 0) is 49.7 Å². The zero-order chi connectivity index (χ0) is 20.3. The predicted octanol–water partition coefficient (Wildman–Crippen LogP) is 2.75. The zero-order valence-corrected chi connectivity index (χ0v) is 16.0. The van der Waals surface area contributed by atoms with Gasteiger partial charge in [0.05, 0.1) is 31.7 Å². The average Bonchev–Trinajstić information content (AvgIpc) is 2.67. The van der Waals surface area contributed by atoms with E-state index in [2.05, 4.69) is 29.3 Å². The quantitative estimate of drug-likeness (QED) is 0.840. The molecule has 1 saturated heterocycles. The fourth-order valence-corrected chi connectivity index (χ4v) is 3.56. The normalized spacial score (nSPS) is 16.7. The summed E-state index contributed by atoms with van der Waals surface area (Å²) in [5.74, 6) is -0.181. The van der Waals surface area contributed by atoms with E-state index in [0.29, 0.717) is 5.69 Å². The van der Waals surface area contributed by atoms with Crippen LogP contribution in [-0.2, 0) is 11.0 Å². The van der Waals surface area contributed by atoms with Crippen molar-refractivity contribution in [2.45, 2.75) is 26.1 Å². The monoisotopic (exact) mass is 392 g/mol. The van der Waals surface area contributed by atoms with E-state index in [0.717, 1.165) is 38.3 Å². The van der Waals surface area contributed by atoms with Crippen molar-refractivity contribution < 1.29 is 22.9 Å². The molecular weight excluding hydrogens is 367 g/mol. The first kappa shape index (κ1) is 20.2. The van der Waals surface area contributed by atoms with Gasteiger partial charge in [-0.3, -0.25) is 4.79 Å². The van der Waals surface area contributed by atoms with Crippen LogP contribution in [0.1, 0.15) is 18.1 Å². The molecule has 0 bridgehead atoms. The molecule has 1 atom stereocenters. The molecule has 0 unspecified atom stereocenters. The summed E-state index contributed by atoms with van der Waals surface area (Å²) in [5.41, 5.74) is 2.11. The summed E-state index contributed by atoms with van der Waals surface area (Å²) in [5, 5.41) is 2.73. The lowest BCUT2D eigenvalue weighted by molar-refractivity contribution is -0.914. The molecule has 2 aromatic carbocycles. The van der Waals surface area contributed by atoms with Gasteiger partial charge in [0, 0.05) is 11.4 Å². The van der Waals surface area contributed by atoms with Crippen molar-refractivity contribution in [3.05, 3.63) is 59.7 Å². The van der Waals surface area contributed by atoms with Gasteiger partial charge in [-0.15, -0.1) is 0 Å². The van der Waals surface area contributed by atoms with Crippen LogP contribution in [-0.4, -0.2) is 38.1 Å². The Morgan fingerprint density at radius 2 is 1.68 bits per heavy atom. The molecule has 1 amide bonds. The lowest BCUT2D eigenvalue weighted by Crippen LogP contribution is -3.19. The standard InChI is InChI=1S/C21H24F3N3O/c1-15-5-3-4-6-19(15)27-13-11-26(12-14-27)16(2)20(28)25-18-9-7-17(8-10-18)21(22,23)24/h3-10,16H,11-14H2,1-2H3,(H,25,28)/p+1/t16-/m0/s1. The molecule has 3 rings (SSSR count). The first-order valence-electron chi connectivity index (χ1n) is 9.39. The molecule has 0 radical (unpaired) electrons. The van der Waals surface area contributed by atoms with Crippen LogP contribution < -0.4 is 15.1 Å². The third kappa shape index (κ3) is 4.65. The largest absolute Gasteiger partial charge is 0.416 e. The molecule has 1 aliphatic rings. The molecule has 1 aliphatic heterocycles. The van der Waals surface area contributed by atoms with Crippen molar-refractivity contribution in [2.24, 2.45) is 0 Å². The highest BCUT2D eigenvalue weighted by atomic mass is 19.4. The van der Waals surface area contributed by atoms with Crippen molar-refractivity contribution in [1.82, 2.24) is 0 Å². The predicted molar refractivity (Wildman–Crippen MR) is 104 cm³/mol. The fraction of sp³-hybridized carbons (Fsp3) is 0.381. The number of rotatable bonds is 4. The van der Waals surface area contributed by atoms with Gasteiger partial charge in [0.2, 0.25) is 0 Å². The van der Waals surface area contributed by atoms with Crippen molar-refractivity contribution in [3.63, 3.8) is 0 Å². The van der Waals surface area contributed by atoms with Gasteiger partial charge in [-0.1, -0.05) is 18.2 Å². The lowest BCUT2D eigenvalue weighted by atomic mass is 10.1. The summed E-state index contributed by atoms with van der Waals surface area (Å²) in [6.07, 6.45) is -4.38. The van der Waals surface area contributed by atoms with Crippen LogP contribution in [0, 0.1) is 6.92 Å². The van der Waals surface area contributed by atoms with Gasteiger partial charge >= 0.3 is 6.18 Å². The Hall–Kier alpha value is -2.54. The van der Waals surface area contributed by atoms with E-state index >= 15 is 0 Å². The van der Waals surface area contributed by atoms with Crippen LogP contribution in [0.2, 0.25) is 0 Å². The Bertz CT molecular complexity index is 812. The van der Waals surface area contributed by atoms with Crippen LogP contribution in [0.25, 0.3) is 0 Å². The van der Waals surface area contributed by atoms with Crippen molar-refractivity contribution in [2.75, 3.05) is 36.4 Å². The minimum absolute atomic E-state index is 0.181. The Kier molecular flexibility index (Phi) is 5.93. The average molecular weight is 392 g/mol. The Labute approximate surface area is 162 Å². The van der Waals surface area contributed by atoms with Crippen LogP contribution in [0.3, 0.4) is 0 Å². The van der Waals surface area contributed by atoms with Crippen LogP contribution in [0.15, 0.2) is 48.5 Å². The summed E-state index contributed by atoms with van der Waals surface area (Å²) >= 11 is 0. The number of carbonyl (C=O) groups excluding carboxylic acids is 1. The van der Waals surface area contributed by atoms with Gasteiger partial charge in [0.1, 0.15) is 0 Å². The highest BCUT2D eigenvalue weighted by Crippen LogP contribution is 2.29. The topological polar surface area (TPSA) is 36.8 Å². The van der Waals surface area contributed by atoms with Crippen molar-refractivity contribution in [3.8, 4) is 0 Å². The maximum Gasteiger partial charge on any atom is 0.416 e. The second kappa shape index (κ2) is 8.22. The Morgan fingerprint density at radius 3 is 2.25 bits per heavy atom. The first-order chi connectivity index (χ1) is 13.3. The molecule has 7 heteroatoms. The minimum Gasteiger partial charge on any atom is -0.360 e. The highest BCUT2D eigenvalue weighted by Gasteiger charge is 2.31. The number of carbonyl (C=O) groups is 1. The number of benzene rings is 2. The molecule has 2 aromatic rings. The molecule has 2 N–H and O–H groups in total. The highest BCUT2D eigenvalue weighted by molar-refractivity contribution is 5.93. The number of amides is 1. The van der Waals surface area contributed by atoms with Crippen LogP contribution in [0.5, 0.6) is 0 Å². The molecule has 0 aliphatic carbocycles. The van der Waals surface area contributed by atoms with Crippen LogP contribution >= 0.6 is 0 Å². The number of quaternary nitrogens is 1. The number of aryl methyl sites for hydroxylation is 1.